The molecule has 2 rings (SSSR count). The van der Waals surface area contributed by atoms with Crippen LogP contribution in [0.15, 0.2) is 17.6 Å². The number of aryl methyl sites for hydroxylation is 1. The molecule has 1 aromatic heterocycles. The van der Waals surface area contributed by atoms with Crippen molar-refractivity contribution in [2.75, 3.05) is 13.1 Å². The number of hydrogen-bond donors (Lipinski definition) is 1. The molecule has 2 heterocycles. The van der Waals surface area contributed by atoms with Crippen molar-refractivity contribution in [2.45, 2.75) is 43.9 Å². The van der Waals surface area contributed by atoms with E-state index in [0.29, 0.717) is 13.0 Å². The summed E-state index contributed by atoms with van der Waals surface area (Å²) in [5.41, 5.74) is -0.852. The van der Waals surface area contributed by atoms with Crippen LogP contribution >= 0.6 is 0 Å². The Balaban J connectivity index is 2.10. The molecule has 0 radical (unpaired) electrons. The van der Waals surface area contributed by atoms with Crippen molar-refractivity contribution in [3.8, 4) is 0 Å². The third-order valence-electron chi connectivity index (χ3n) is 3.24. The van der Waals surface area contributed by atoms with Gasteiger partial charge in [-0.05, 0) is 13.3 Å². The molecule has 1 aliphatic heterocycles. The molecule has 1 aromatic rings. The minimum atomic E-state index is -3.54. The van der Waals surface area contributed by atoms with Crippen LogP contribution in [-0.4, -0.2) is 46.1 Å². The molecule has 0 spiro atoms. The minimum Gasteiger partial charge on any atom is -0.387 e. The summed E-state index contributed by atoms with van der Waals surface area (Å²) < 4.78 is 27.3. The number of rotatable bonds is 5. The van der Waals surface area contributed by atoms with Crippen LogP contribution in [0.2, 0.25) is 0 Å². The summed E-state index contributed by atoms with van der Waals surface area (Å²) in [6.45, 7) is 4.91. The van der Waals surface area contributed by atoms with Crippen molar-refractivity contribution in [1.82, 2.24) is 13.9 Å². The highest BCUT2D eigenvalue weighted by molar-refractivity contribution is 7.89. The van der Waals surface area contributed by atoms with Crippen LogP contribution in [0.3, 0.4) is 0 Å². The Morgan fingerprint density at radius 1 is 1.44 bits per heavy atom. The predicted octanol–water partition coefficient (Wildman–Crippen LogP) is 0.439. The number of imidazole rings is 1. The smallest absolute Gasteiger partial charge is 0.262 e. The van der Waals surface area contributed by atoms with Gasteiger partial charge in [-0.15, -0.1) is 0 Å². The first kappa shape index (κ1) is 13.5. The first-order chi connectivity index (χ1) is 8.41. The van der Waals surface area contributed by atoms with E-state index in [0.717, 1.165) is 6.42 Å². The highest BCUT2D eigenvalue weighted by atomic mass is 32.2. The average molecular weight is 273 g/mol. The quantitative estimate of drug-likeness (QED) is 0.844. The summed E-state index contributed by atoms with van der Waals surface area (Å²) in [4.78, 5) is 3.91. The molecule has 1 N–H and O–H groups in total. The molecule has 6 nitrogen and oxygen atoms in total. The van der Waals surface area contributed by atoms with E-state index in [1.807, 2.05) is 13.8 Å². The Morgan fingerprint density at radius 3 is 2.61 bits per heavy atom. The molecular weight excluding hydrogens is 254 g/mol. The van der Waals surface area contributed by atoms with Crippen molar-refractivity contribution in [3.63, 3.8) is 0 Å². The van der Waals surface area contributed by atoms with Gasteiger partial charge in [0.15, 0.2) is 5.03 Å². The van der Waals surface area contributed by atoms with E-state index in [2.05, 4.69) is 4.98 Å². The first-order valence-corrected chi connectivity index (χ1v) is 7.59. The topological polar surface area (TPSA) is 75.4 Å². The molecule has 0 unspecified atom stereocenters. The lowest BCUT2D eigenvalue weighted by molar-refractivity contribution is -0.0654. The van der Waals surface area contributed by atoms with Gasteiger partial charge in [0.2, 0.25) is 0 Å². The van der Waals surface area contributed by atoms with Gasteiger partial charge < -0.3 is 9.67 Å². The average Bonchev–Trinajstić information content (AvgIpc) is 2.75. The Bertz CT molecular complexity index is 517. The van der Waals surface area contributed by atoms with Gasteiger partial charge in [0.25, 0.3) is 10.0 Å². The van der Waals surface area contributed by atoms with E-state index < -0.39 is 15.6 Å². The zero-order valence-corrected chi connectivity index (χ0v) is 11.5. The van der Waals surface area contributed by atoms with Crippen LogP contribution in [-0.2, 0) is 16.6 Å². The maximum absolute atomic E-state index is 12.2. The monoisotopic (exact) mass is 273 g/mol. The third kappa shape index (κ3) is 2.30. The van der Waals surface area contributed by atoms with E-state index in [1.54, 1.807) is 4.57 Å². The molecule has 0 amide bonds. The molecule has 102 valence electrons. The normalized spacial score (nSPS) is 19.7. The van der Waals surface area contributed by atoms with E-state index in [9.17, 15) is 13.5 Å². The van der Waals surface area contributed by atoms with E-state index >= 15 is 0 Å². The zero-order chi connectivity index (χ0) is 13.4. The molecule has 0 aromatic carbocycles. The zero-order valence-electron chi connectivity index (χ0n) is 10.7. The van der Waals surface area contributed by atoms with E-state index in [1.165, 1.54) is 16.8 Å². The molecule has 0 saturated carbocycles. The van der Waals surface area contributed by atoms with Gasteiger partial charge in [0.1, 0.15) is 0 Å². The lowest BCUT2D eigenvalue weighted by atomic mass is 9.92. The summed E-state index contributed by atoms with van der Waals surface area (Å²) in [6, 6.07) is 0. The van der Waals surface area contributed by atoms with Crippen molar-refractivity contribution < 1.29 is 13.5 Å². The van der Waals surface area contributed by atoms with Crippen LogP contribution in [0.4, 0.5) is 0 Å². The number of β-amino-alcohol motifs (C(OH)–C–C–N with tert-alkyl or cyclic N) is 1. The standard InChI is InChI=1S/C11H19N3O3S/c1-3-5-11(15)7-14(8-11)18(16,17)10-6-13(4-2)9-12-10/h6,9,15H,3-5,7-8H2,1-2H3. The van der Waals surface area contributed by atoms with Gasteiger partial charge in [-0.25, -0.2) is 13.4 Å². The third-order valence-corrected chi connectivity index (χ3v) is 4.91. The molecule has 18 heavy (non-hydrogen) atoms. The molecular formula is C11H19N3O3S. The summed E-state index contributed by atoms with van der Waals surface area (Å²) in [7, 11) is -3.54. The Kier molecular flexibility index (Phi) is 3.48. The van der Waals surface area contributed by atoms with Crippen molar-refractivity contribution in [2.24, 2.45) is 0 Å². The van der Waals surface area contributed by atoms with E-state index in [-0.39, 0.29) is 18.1 Å². The number of aliphatic hydroxyl groups is 1. The second-order valence-corrected chi connectivity index (χ2v) is 6.67. The first-order valence-electron chi connectivity index (χ1n) is 6.15. The molecule has 0 atom stereocenters. The summed E-state index contributed by atoms with van der Waals surface area (Å²) >= 11 is 0. The molecule has 1 aliphatic rings. The van der Waals surface area contributed by atoms with Crippen molar-refractivity contribution in [1.29, 1.82) is 0 Å². The summed E-state index contributed by atoms with van der Waals surface area (Å²) in [5.74, 6) is 0. The van der Waals surface area contributed by atoms with Crippen LogP contribution in [0.1, 0.15) is 26.7 Å². The van der Waals surface area contributed by atoms with Gasteiger partial charge in [-0.1, -0.05) is 13.3 Å². The maximum Gasteiger partial charge on any atom is 0.262 e. The van der Waals surface area contributed by atoms with Gasteiger partial charge >= 0.3 is 0 Å². The largest absolute Gasteiger partial charge is 0.387 e. The van der Waals surface area contributed by atoms with Crippen LogP contribution < -0.4 is 0 Å². The van der Waals surface area contributed by atoms with Gasteiger partial charge in [-0.2, -0.15) is 4.31 Å². The van der Waals surface area contributed by atoms with Gasteiger partial charge in [0, 0.05) is 25.8 Å². The van der Waals surface area contributed by atoms with E-state index in [4.69, 9.17) is 0 Å². The SMILES string of the molecule is CCCC1(O)CN(S(=O)(=O)c2cn(CC)cn2)C1. The number of nitrogens with zero attached hydrogens (tertiary/aromatic N) is 3. The number of sulfonamides is 1. The van der Waals surface area contributed by atoms with Crippen LogP contribution in [0.5, 0.6) is 0 Å². The lowest BCUT2D eigenvalue weighted by Crippen LogP contribution is -2.63. The molecule has 1 saturated heterocycles. The second kappa shape index (κ2) is 4.64. The Morgan fingerprint density at radius 2 is 2.11 bits per heavy atom. The fraction of sp³-hybridized carbons (Fsp3) is 0.727. The maximum atomic E-state index is 12.2. The fourth-order valence-electron chi connectivity index (χ4n) is 2.18. The molecule has 0 aliphatic carbocycles. The van der Waals surface area contributed by atoms with Crippen LogP contribution in [0.25, 0.3) is 0 Å². The Labute approximate surface area is 107 Å². The highest BCUT2D eigenvalue weighted by Gasteiger charge is 2.47. The fourth-order valence-corrected chi connectivity index (χ4v) is 3.72. The van der Waals surface area contributed by atoms with Crippen molar-refractivity contribution >= 4 is 10.0 Å². The lowest BCUT2D eigenvalue weighted by Gasteiger charge is -2.44. The highest BCUT2D eigenvalue weighted by Crippen LogP contribution is 2.30. The number of hydrogen-bond acceptors (Lipinski definition) is 4. The van der Waals surface area contributed by atoms with Gasteiger partial charge in [0.05, 0.1) is 11.9 Å². The molecule has 1 fully saturated rings. The van der Waals surface area contributed by atoms with Crippen molar-refractivity contribution in [3.05, 3.63) is 12.5 Å². The summed E-state index contributed by atoms with van der Waals surface area (Å²) in [5, 5.41) is 10.1. The second-order valence-electron chi connectivity index (χ2n) is 4.79. The molecule has 7 heteroatoms. The minimum absolute atomic E-state index is 0.0582. The number of aromatic nitrogens is 2. The van der Waals surface area contributed by atoms with Gasteiger partial charge in [-0.3, -0.25) is 0 Å². The van der Waals surface area contributed by atoms with Crippen LogP contribution in [0, 0.1) is 0 Å². The predicted molar refractivity (Wildman–Crippen MR) is 66.5 cm³/mol. The Hall–Kier alpha value is -0.920. The summed E-state index contributed by atoms with van der Waals surface area (Å²) in [6.07, 6.45) is 4.49. The molecule has 0 bridgehead atoms.